The monoisotopic (exact) mass is 453 g/mol. The number of halogens is 3. The fourth-order valence-corrected chi connectivity index (χ4v) is 3.57. The van der Waals surface area contributed by atoms with Crippen molar-refractivity contribution in [2.45, 2.75) is 18.6 Å². The molecule has 1 heterocycles. The first-order valence-corrected chi connectivity index (χ1v) is 10.4. The molecule has 166 valence electrons. The number of rotatable bonds is 10. The van der Waals surface area contributed by atoms with Crippen LogP contribution in [0, 0.1) is 0 Å². The number of benzene rings is 2. The van der Waals surface area contributed by atoms with E-state index in [0.29, 0.717) is 18.0 Å². The van der Waals surface area contributed by atoms with Gasteiger partial charge in [-0.2, -0.15) is 13.2 Å². The molecular formula is C21H22F3N3O3S. The largest absolute Gasteiger partial charge is 0.491 e. The van der Waals surface area contributed by atoms with Crippen molar-refractivity contribution in [1.82, 2.24) is 10.2 Å². The molecular weight excluding hydrogens is 431 g/mol. The standard InChI is InChI=1S/C21H22F3N3O3S/c22-21(23,24)16-12-15(19-26-27-20(31-19)17(25)13-28)6-7-18(16)30-11-10-29-9-8-14-4-2-1-3-5-14/h1-7,12,17,28H,8-11,13,25H2/t17-/m0/s1. The topological polar surface area (TPSA) is 90.5 Å². The third-order valence-electron chi connectivity index (χ3n) is 4.35. The van der Waals surface area contributed by atoms with Crippen molar-refractivity contribution in [3.63, 3.8) is 0 Å². The van der Waals surface area contributed by atoms with E-state index in [9.17, 15) is 13.2 Å². The molecule has 0 amide bonds. The second-order valence-electron chi connectivity index (χ2n) is 6.64. The number of nitrogens with zero attached hydrogens (tertiary/aromatic N) is 2. The lowest BCUT2D eigenvalue weighted by atomic mass is 10.1. The summed E-state index contributed by atoms with van der Waals surface area (Å²) in [7, 11) is 0. The summed E-state index contributed by atoms with van der Waals surface area (Å²) >= 11 is 1.03. The average Bonchev–Trinajstić information content (AvgIpc) is 3.26. The van der Waals surface area contributed by atoms with Gasteiger partial charge in [0.25, 0.3) is 0 Å². The molecule has 6 nitrogen and oxygen atoms in total. The number of nitrogens with two attached hydrogens (primary N) is 1. The molecule has 2 aromatic carbocycles. The summed E-state index contributed by atoms with van der Waals surface area (Å²) in [6.07, 6.45) is -3.89. The van der Waals surface area contributed by atoms with Gasteiger partial charge >= 0.3 is 6.18 Å². The second kappa shape index (κ2) is 10.7. The van der Waals surface area contributed by atoms with Gasteiger partial charge in [-0.3, -0.25) is 0 Å². The molecule has 0 fully saturated rings. The fourth-order valence-electron chi connectivity index (χ4n) is 2.74. The Morgan fingerprint density at radius 3 is 2.52 bits per heavy atom. The van der Waals surface area contributed by atoms with E-state index in [1.54, 1.807) is 0 Å². The van der Waals surface area contributed by atoms with Gasteiger partial charge in [0.05, 0.1) is 31.4 Å². The Morgan fingerprint density at radius 1 is 1.03 bits per heavy atom. The van der Waals surface area contributed by atoms with Crippen LogP contribution in [-0.2, 0) is 17.3 Å². The highest BCUT2D eigenvalue weighted by molar-refractivity contribution is 7.14. The molecule has 10 heteroatoms. The van der Waals surface area contributed by atoms with Crippen LogP contribution in [0.15, 0.2) is 48.5 Å². The van der Waals surface area contributed by atoms with E-state index < -0.39 is 17.8 Å². The van der Waals surface area contributed by atoms with Crippen LogP contribution < -0.4 is 10.5 Å². The van der Waals surface area contributed by atoms with Gasteiger partial charge in [0.1, 0.15) is 22.4 Å². The minimum atomic E-state index is -4.60. The third-order valence-corrected chi connectivity index (χ3v) is 5.45. The maximum Gasteiger partial charge on any atom is 0.419 e. The Morgan fingerprint density at radius 2 is 1.81 bits per heavy atom. The summed E-state index contributed by atoms with van der Waals surface area (Å²) in [4.78, 5) is 0. The molecule has 0 aliphatic carbocycles. The molecule has 0 spiro atoms. The van der Waals surface area contributed by atoms with Crippen LogP contribution in [0.1, 0.15) is 22.2 Å². The SMILES string of the molecule is N[C@@H](CO)c1nnc(-c2ccc(OCCOCCc3ccccc3)c(C(F)(F)F)c2)s1. The molecule has 3 rings (SSSR count). The molecule has 0 saturated carbocycles. The van der Waals surface area contributed by atoms with Crippen molar-refractivity contribution < 1.29 is 27.8 Å². The predicted molar refractivity (Wildman–Crippen MR) is 111 cm³/mol. The quantitative estimate of drug-likeness (QED) is 0.453. The lowest BCUT2D eigenvalue weighted by Crippen LogP contribution is -2.13. The van der Waals surface area contributed by atoms with Crippen molar-refractivity contribution in [1.29, 1.82) is 0 Å². The molecule has 0 saturated heterocycles. The number of aliphatic hydroxyl groups excluding tert-OH is 1. The molecule has 0 aliphatic rings. The van der Waals surface area contributed by atoms with Gasteiger partial charge in [0.2, 0.25) is 0 Å². The number of ether oxygens (including phenoxy) is 2. The van der Waals surface area contributed by atoms with Crippen LogP contribution in [0.3, 0.4) is 0 Å². The first kappa shape index (κ1) is 23.1. The number of hydrogen-bond donors (Lipinski definition) is 2. The van der Waals surface area contributed by atoms with Crippen LogP contribution in [0.4, 0.5) is 13.2 Å². The Kier molecular flexibility index (Phi) is 7.97. The van der Waals surface area contributed by atoms with E-state index >= 15 is 0 Å². The van der Waals surface area contributed by atoms with E-state index in [1.807, 2.05) is 30.3 Å². The summed E-state index contributed by atoms with van der Waals surface area (Å²) in [6.45, 7) is 0.284. The van der Waals surface area contributed by atoms with Crippen LogP contribution in [0.2, 0.25) is 0 Å². The van der Waals surface area contributed by atoms with Gasteiger partial charge in [-0.1, -0.05) is 41.7 Å². The van der Waals surface area contributed by atoms with Crippen molar-refractivity contribution in [2.75, 3.05) is 26.4 Å². The minimum absolute atomic E-state index is 0.00841. The Hall–Kier alpha value is -2.53. The lowest BCUT2D eigenvalue weighted by Gasteiger charge is -2.15. The highest BCUT2D eigenvalue weighted by Gasteiger charge is 2.35. The van der Waals surface area contributed by atoms with Crippen molar-refractivity contribution >= 4 is 11.3 Å². The Labute approximate surface area is 181 Å². The van der Waals surface area contributed by atoms with Gasteiger partial charge < -0.3 is 20.3 Å². The molecule has 1 aromatic heterocycles. The summed E-state index contributed by atoms with van der Waals surface area (Å²) in [6, 6.07) is 12.7. The maximum absolute atomic E-state index is 13.6. The van der Waals surface area contributed by atoms with Crippen molar-refractivity contribution in [3.05, 3.63) is 64.7 Å². The van der Waals surface area contributed by atoms with Gasteiger partial charge in [0.15, 0.2) is 0 Å². The van der Waals surface area contributed by atoms with Crippen LogP contribution >= 0.6 is 11.3 Å². The zero-order chi connectivity index (χ0) is 22.3. The fraction of sp³-hybridized carbons (Fsp3) is 0.333. The number of hydrogen-bond acceptors (Lipinski definition) is 7. The van der Waals surface area contributed by atoms with Crippen LogP contribution in [0.5, 0.6) is 5.75 Å². The van der Waals surface area contributed by atoms with E-state index in [0.717, 1.165) is 23.0 Å². The van der Waals surface area contributed by atoms with Gasteiger partial charge in [-0.25, -0.2) is 0 Å². The van der Waals surface area contributed by atoms with E-state index in [-0.39, 0.29) is 36.1 Å². The Balaban J connectivity index is 1.60. The van der Waals surface area contributed by atoms with Crippen molar-refractivity contribution in [2.24, 2.45) is 5.73 Å². The normalized spacial score (nSPS) is 12.7. The van der Waals surface area contributed by atoms with Gasteiger partial charge in [0, 0.05) is 5.56 Å². The zero-order valence-electron chi connectivity index (χ0n) is 16.5. The van der Waals surface area contributed by atoms with Crippen LogP contribution in [0.25, 0.3) is 10.6 Å². The molecule has 1 atom stereocenters. The predicted octanol–water partition coefficient (Wildman–Crippen LogP) is 3.85. The lowest BCUT2D eigenvalue weighted by molar-refractivity contribution is -0.139. The van der Waals surface area contributed by atoms with Gasteiger partial charge in [-0.15, -0.1) is 10.2 Å². The van der Waals surface area contributed by atoms with E-state index in [4.69, 9.17) is 20.3 Å². The summed E-state index contributed by atoms with van der Waals surface area (Å²) in [5.74, 6) is -0.278. The number of aliphatic hydroxyl groups is 1. The third kappa shape index (κ3) is 6.47. The minimum Gasteiger partial charge on any atom is -0.491 e. The molecule has 3 aromatic rings. The first-order valence-electron chi connectivity index (χ1n) is 9.54. The smallest absolute Gasteiger partial charge is 0.419 e. The molecule has 31 heavy (non-hydrogen) atoms. The molecule has 0 radical (unpaired) electrons. The van der Waals surface area contributed by atoms with E-state index in [1.165, 1.54) is 12.1 Å². The average molecular weight is 453 g/mol. The number of alkyl halides is 3. The number of aromatic nitrogens is 2. The second-order valence-corrected chi connectivity index (χ2v) is 7.65. The van der Waals surface area contributed by atoms with Crippen molar-refractivity contribution in [3.8, 4) is 16.3 Å². The summed E-state index contributed by atoms with van der Waals surface area (Å²) in [5, 5.41) is 17.4. The maximum atomic E-state index is 13.6. The molecule has 3 N–H and O–H groups in total. The summed E-state index contributed by atoms with van der Waals surface area (Å²) < 4.78 is 51.5. The molecule has 0 aliphatic heterocycles. The summed E-state index contributed by atoms with van der Waals surface area (Å²) in [5.41, 5.74) is 6.14. The Bertz CT molecular complexity index is 967. The first-order chi connectivity index (χ1) is 14.9. The molecule has 0 unspecified atom stereocenters. The van der Waals surface area contributed by atoms with Crippen LogP contribution in [-0.4, -0.2) is 41.7 Å². The highest BCUT2D eigenvalue weighted by atomic mass is 32.1. The molecule has 0 bridgehead atoms. The highest BCUT2D eigenvalue weighted by Crippen LogP contribution is 2.39. The van der Waals surface area contributed by atoms with E-state index in [2.05, 4.69) is 10.2 Å². The van der Waals surface area contributed by atoms with Gasteiger partial charge in [-0.05, 0) is 30.2 Å². The zero-order valence-corrected chi connectivity index (χ0v) is 17.3.